The first kappa shape index (κ1) is 15.5. The predicted octanol–water partition coefficient (Wildman–Crippen LogP) is 4.29. The average molecular weight is 279 g/mol. The van der Waals surface area contributed by atoms with Crippen molar-refractivity contribution >= 4 is 11.7 Å². The topological polar surface area (TPSA) is 38.7 Å². The maximum atomic E-state index is 11.8. The molecule has 1 saturated heterocycles. The van der Waals surface area contributed by atoms with Crippen molar-refractivity contribution in [2.45, 2.75) is 90.7 Å². The molecule has 0 bridgehead atoms. The highest BCUT2D eigenvalue weighted by molar-refractivity contribution is 6.09. The Morgan fingerprint density at radius 3 is 2.25 bits per heavy atom. The molecule has 0 aromatic heterocycles. The first-order valence-electron chi connectivity index (χ1n) is 7.93. The molecule has 0 amide bonds. The van der Waals surface area contributed by atoms with Crippen LogP contribution in [0.3, 0.4) is 0 Å². The number of esters is 1. The first-order chi connectivity index (χ1) is 9.12. The van der Waals surface area contributed by atoms with E-state index in [9.17, 15) is 4.79 Å². The summed E-state index contributed by atoms with van der Waals surface area (Å²) in [7, 11) is 0. The summed E-state index contributed by atoms with van der Waals surface area (Å²) in [4.78, 5) is 16.8. The quantitative estimate of drug-likeness (QED) is 0.707. The van der Waals surface area contributed by atoms with Gasteiger partial charge in [-0.1, -0.05) is 27.2 Å². The summed E-state index contributed by atoms with van der Waals surface area (Å²) in [6.45, 7) is 11.1. The monoisotopic (exact) mass is 279 g/mol. The molecule has 1 aliphatic carbocycles. The van der Waals surface area contributed by atoms with E-state index < -0.39 is 0 Å². The molecule has 0 aromatic rings. The summed E-state index contributed by atoms with van der Waals surface area (Å²) in [6, 6.07) is 0. The molecule has 0 aromatic carbocycles. The molecule has 20 heavy (non-hydrogen) atoms. The molecule has 1 heterocycles. The van der Waals surface area contributed by atoms with Gasteiger partial charge in [-0.25, -0.2) is 0 Å². The molecule has 1 spiro atoms. The van der Waals surface area contributed by atoms with Crippen LogP contribution in [-0.2, 0) is 9.53 Å². The largest absolute Gasteiger partial charge is 0.453 e. The van der Waals surface area contributed by atoms with E-state index in [2.05, 4.69) is 34.6 Å². The minimum atomic E-state index is -0.357. The van der Waals surface area contributed by atoms with Crippen molar-refractivity contribution in [3.8, 4) is 0 Å². The lowest BCUT2D eigenvalue weighted by molar-refractivity contribution is -0.148. The van der Waals surface area contributed by atoms with Gasteiger partial charge in [-0.2, -0.15) is 0 Å². The molecular weight excluding hydrogens is 250 g/mol. The zero-order chi connectivity index (χ0) is 15.0. The molecule has 114 valence electrons. The number of carbonyl (C=O) groups is 1. The first-order valence-corrected chi connectivity index (χ1v) is 7.93. The summed E-state index contributed by atoms with van der Waals surface area (Å²) < 4.78 is 5.71. The van der Waals surface area contributed by atoms with E-state index >= 15 is 0 Å². The molecule has 0 radical (unpaired) electrons. The van der Waals surface area contributed by atoms with E-state index in [0.29, 0.717) is 6.42 Å². The van der Waals surface area contributed by atoms with E-state index in [4.69, 9.17) is 9.73 Å². The van der Waals surface area contributed by atoms with Crippen molar-refractivity contribution in [3.05, 3.63) is 0 Å². The minimum Gasteiger partial charge on any atom is -0.453 e. The highest BCUT2D eigenvalue weighted by Gasteiger charge is 2.47. The molecule has 3 heteroatoms. The third-order valence-electron chi connectivity index (χ3n) is 4.21. The number of ether oxygens (including phenoxy) is 1. The molecule has 2 fully saturated rings. The van der Waals surface area contributed by atoms with Gasteiger partial charge in [0.25, 0.3) is 0 Å². The van der Waals surface area contributed by atoms with Gasteiger partial charge < -0.3 is 4.74 Å². The van der Waals surface area contributed by atoms with Gasteiger partial charge in [-0.15, -0.1) is 0 Å². The van der Waals surface area contributed by atoms with Gasteiger partial charge in [-0.3, -0.25) is 9.79 Å². The maximum Gasteiger partial charge on any atom is 0.312 e. The molecule has 0 N–H and O–H groups in total. The second-order valence-electron chi connectivity index (χ2n) is 8.31. The molecule has 2 rings (SSSR count). The summed E-state index contributed by atoms with van der Waals surface area (Å²) in [6.07, 6.45) is 6.86. The van der Waals surface area contributed by atoms with Crippen molar-refractivity contribution in [1.82, 2.24) is 0 Å². The van der Waals surface area contributed by atoms with Gasteiger partial charge in [-0.05, 0) is 51.4 Å². The van der Waals surface area contributed by atoms with Crippen LogP contribution in [0.15, 0.2) is 4.99 Å². The number of nitrogens with zero attached hydrogens (tertiary/aromatic N) is 1. The van der Waals surface area contributed by atoms with Crippen LogP contribution in [0.25, 0.3) is 0 Å². The Balaban J connectivity index is 2.24. The lowest BCUT2D eigenvalue weighted by Crippen LogP contribution is -2.40. The third-order valence-corrected chi connectivity index (χ3v) is 4.21. The van der Waals surface area contributed by atoms with E-state index in [0.717, 1.165) is 37.8 Å². The summed E-state index contributed by atoms with van der Waals surface area (Å²) in [5.41, 5.74) is 0.754. The fraction of sp³-hybridized carbons (Fsp3) is 0.882. The van der Waals surface area contributed by atoms with Crippen LogP contribution in [0.2, 0.25) is 0 Å². The summed E-state index contributed by atoms with van der Waals surface area (Å²) in [5.74, 6) is -0.0859. The number of rotatable bonds is 2. The predicted molar refractivity (Wildman–Crippen MR) is 82.1 cm³/mol. The summed E-state index contributed by atoms with van der Waals surface area (Å²) >= 11 is 0. The highest BCUT2D eigenvalue weighted by atomic mass is 16.6. The fourth-order valence-electron chi connectivity index (χ4n) is 3.97. The van der Waals surface area contributed by atoms with Crippen molar-refractivity contribution in [2.75, 3.05) is 0 Å². The fourth-order valence-corrected chi connectivity index (χ4v) is 3.97. The standard InChI is InChI=1S/C17H29NO2/c1-15(2,3)12-16(4,5)18-13-11-14(19)20-17(13)9-7-6-8-10-17/h6-12H2,1-5H3. The number of hydrogen-bond acceptors (Lipinski definition) is 3. The highest BCUT2D eigenvalue weighted by Crippen LogP contribution is 2.40. The Bertz CT molecular complexity index is 409. The number of carbonyl (C=O) groups excluding carboxylic acids is 1. The summed E-state index contributed by atoms with van der Waals surface area (Å²) in [5, 5.41) is 0. The van der Waals surface area contributed by atoms with Crippen LogP contribution in [0.5, 0.6) is 0 Å². The molecule has 2 aliphatic rings. The number of hydrogen-bond donors (Lipinski definition) is 0. The van der Waals surface area contributed by atoms with Gasteiger partial charge in [0.05, 0.1) is 17.7 Å². The number of aliphatic imine (C=N–C) groups is 1. The molecule has 3 nitrogen and oxygen atoms in total. The van der Waals surface area contributed by atoms with Gasteiger partial charge in [0.1, 0.15) is 0 Å². The maximum absolute atomic E-state index is 11.8. The SMILES string of the molecule is CC(C)(C)CC(C)(C)N=C1CC(=O)OC12CCCCC2. The normalized spacial score (nSPS) is 25.2. The van der Waals surface area contributed by atoms with Crippen molar-refractivity contribution in [2.24, 2.45) is 10.4 Å². The third kappa shape index (κ3) is 3.62. The van der Waals surface area contributed by atoms with Crippen LogP contribution < -0.4 is 0 Å². The van der Waals surface area contributed by atoms with Gasteiger partial charge >= 0.3 is 5.97 Å². The van der Waals surface area contributed by atoms with Crippen molar-refractivity contribution in [3.63, 3.8) is 0 Å². The zero-order valence-electron chi connectivity index (χ0n) is 13.7. The van der Waals surface area contributed by atoms with Crippen LogP contribution in [0.1, 0.15) is 79.6 Å². The van der Waals surface area contributed by atoms with Crippen LogP contribution in [0, 0.1) is 5.41 Å². The van der Waals surface area contributed by atoms with E-state index in [1.165, 1.54) is 6.42 Å². The van der Waals surface area contributed by atoms with Crippen molar-refractivity contribution < 1.29 is 9.53 Å². The van der Waals surface area contributed by atoms with E-state index in [1.54, 1.807) is 0 Å². The average Bonchev–Trinajstić information content (AvgIpc) is 2.51. The molecule has 0 atom stereocenters. The Labute approximate surface area is 123 Å². The molecule has 1 aliphatic heterocycles. The Morgan fingerprint density at radius 1 is 1.10 bits per heavy atom. The second-order valence-corrected chi connectivity index (χ2v) is 8.31. The Kier molecular flexibility index (Phi) is 4.01. The Morgan fingerprint density at radius 2 is 1.70 bits per heavy atom. The van der Waals surface area contributed by atoms with Crippen LogP contribution in [0.4, 0.5) is 0 Å². The molecule has 1 saturated carbocycles. The van der Waals surface area contributed by atoms with Gasteiger partial charge in [0, 0.05) is 0 Å². The van der Waals surface area contributed by atoms with Crippen molar-refractivity contribution in [1.29, 1.82) is 0 Å². The lowest BCUT2D eigenvalue weighted by atomic mass is 9.79. The Hall–Kier alpha value is -0.860. The zero-order valence-corrected chi connectivity index (χ0v) is 13.7. The van der Waals surface area contributed by atoms with E-state index in [1.807, 2.05) is 0 Å². The smallest absolute Gasteiger partial charge is 0.312 e. The van der Waals surface area contributed by atoms with E-state index in [-0.39, 0.29) is 22.5 Å². The molecular formula is C17H29NO2. The lowest BCUT2D eigenvalue weighted by Gasteiger charge is -2.35. The molecule has 0 unspecified atom stereocenters. The second kappa shape index (κ2) is 5.16. The van der Waals surface area contributed by atoms with Crippen LogP contribution in [-0.4, -0.2) is 22.8 Å². The van der Waals surface area contributed by atoms with Gasteiger partial charge in [0.2, 0.25) is 0 Å². The van der Waals surface area contributed by atoms with Gasteiger partial charge in [0.15, 0.2) is 5.60 Å². The minimum absolute atomic E-state index is 0.0859. The van der Waals surface area contributed by atoms with Crippen LogP contribution >= 0.6 is 0 Å².